The van der Waals surface area contributed by atoms with E-state index in [2.05, 4.69) is 21.2 Å². The van der Waals surface area contributed by atoms with Crippen LogP contribution in [0.4, 0.5) is 4.39 Å². The van der Waals surface area contributed by atoms with E-state index in [1.165, 1.54) is 16.4 Å². The summed E-state index contributed by atoms with van der Waals surface area (Å²) in [4.78, 5) is -0.300. The lowest BCUT2D eigenvalue weighted by Gasteiger charge is -2.32. The molecule has 8 heteroatoms. The molecule has 1 atom stereocenters. The van der Waals surface area contributed by atoms with Crippen LogP contribution >= 0.6 is 15.9 Å². The van der Waals surface area contributed by atoms with Gasteiger partial charge in [0, 0.05) is 24.1 Å². The molecular formula is C12H16BrFN2O3S. The average Bonchev–Trinajstić information content (AvgIpc) is 2.39. The normalized spacial score (nSPS) is 21.1. The van der Waals surface area contributed by atoms with Crippen molar-refractivity contribution in [2.45, 2.75) is 11.0 Å². The first-order chi connectivity index (χ1) is 9.45. The number of nitrogens with zero attached hydrogens (tertiary/aromatic N) is 1. The van der Waals surface area contributed by atoms with Gasteiger partial charge in [-0.3, -0.25) is 0 Å². The van der Waals surface area contributed by atoms with E-state index in [9.17, 15) is 12.8 Å². The van der Waals surface area contributed by atoms with Crippen molar-refractivity contribution in [2.75, 3.05) is 33.3 Å². The van der Waals surface area contributed by atoms with Crippen LogP contribution in [0.25, 0.3) is 0 Å². The van der Waals surface area contributed by atoms with Crippen LogP contribution in [0, 0.1) is 5.82 Å². The first-order valence-electron chi connectivity index (χ1n) is 6.16. The second kappa shape index (κ2) is 6.48. The van der Waals surface area contributed by atoms with E-state index in [4.69, 9.17) is 4.74 Å². The summed E-state index contributed by atoms with van der Waals surface area (Å²) >= 11 is 3.11. The van der Waals surface area contributed by atoms with E-state index in [1.54, 1.807) is 7.05 Å². The lowest BCUT2D eigenvalue weighted by Crippen LogP contribution is -2.48. The van der Waals surface area contributed by atoms with Crippen molar-refractivity contribution in [1.29, 1.82) is 0 Å². The summed E-state index contributed by atoms with van der Waals surface area (Å²) in [5, 5.41) is 2.94. The van der Waals surface area contributed by atoms with Gasteiger partial charge >= 0.3 is 0 Å². The molecule has 1 aromatic carbocycles. The summed E-state index contributed by atoms with van der Waals surface area (Å²) in [5.74, 6) is -0.754. The first-order valence-corrected chi connectivity index (χ1v) is 8.40. The van der Waals surface area contributed by atoms with Crippen molar-refractivity contribution in [3.63, 3.8) is 0 Å². The Morgan fingerprint density at radius 1 is 1.55 bits per heavy atom. The SMILES string of the molecule is CNCC1CN(S(=O)(=O)c2ccc(Br)cc2F)CCO1. The third-order valence-electron chi connectivity index (χ3n) is 3.05. The monoisotopic (exact) mass is 366 g/mol. The summed E-state index contributed by atoms with van der Waals surface area (Å²) in [7, 11) is -2.06. The number of sulfonamides is 1. The lowest BCUT2D eigenvalue weighted by atomic mass is 10.3. The van der Waals surface area contributed by atoms with E-state index in [-0.39, 0.29) is 24.1 Å². The lowest BCUT2D eigenvalue weighted by molar-refractivity contribution is 0.000767. The molecule has 1 aliphatic rings. The predicted octanol–water partition coefficient (Wildman–Crippen LogP) is 1.20. The number of likely N-dealkylation sites (N-methyl/N-ethyl adjacent to an activating group) is 1. The maximum atomic E-state index is 13.9. The van der Waals surface area contributed by atoms with Gasteiger partial charge in [-0.1, -0.05) is 15.9 Å². The number of nitrogens with one attached hydrogen (secondary N) is 1. The predicted molar refractivity (Wildman–Crippen MR) is 76.5 cm³/mol. The quantitative estimate of drug-likeness (QED) is 0.869. The summed E-state index contributed by atoms with van der Waals surface area (Å²) in [6.07, 6.45) is -0.220. The van der Waals surface area contributed by atoms with Gasteiger partial charge in [-0.2, -0.15) is 4.31 Å². The summed E-state index contributed by atoms with van der Waals surface area (Å²) in [6.45, 7) is 1.31. The van der Waals surface area contributed by atoms with Crippen LogP contribution < -0.4 is 5.32 Å². The molecule has 0 aromatic heterocycles. The van der Waals surface area contributed by atoms with Gasteiger partial charge in [0.2, 0.25) is 10.0 Å². The minimum Gasteiger partial charge on any atom is -0.374 e. The van der Waals surface area contributed by atoms with Crippen LogP contribution in [0.3, 0.4) is 0 Å². The van der Waals surface area contributed by atoms with Gasteiger partial charge in [0.1, 0.15) is 10.7 Å². The molecule has 20 heavy (non-hydrogen) atoms. The molecule has 0 saturated carbocycles. The van der Waals surface area contributed by atoms with Crippen molar-refractivity contribution < 1.29 is 17.5 Å². The standard InChI is InChI=1S/C12H16BrFN2O3S/c1-15-7-10-8-16(4-5-19-10)20(17,18)12-3-2-9(13)6-11(12)14/h2-3,6,10,15H,4-5,7-8H2,1H3. The summed E-state index contributed by atoms with van der Waals surface area (Å²) in [6, 6.07) is 3.94. The van der Waals surface area contributed by atoms with Crippen LogP contribution in [0.5, 0.6) is 0 Å². The number of hydrogen-bond acceptors (Lipinski definition) is 4. The summed E-state index contributed by atoms with van der Waals surface area (Å²) in [5.41, 5.74) is 0. The second-order valence-corrected chi connectivity index (χ2v) is 7.31. The third-order valence-corrected chi connectivity index (χ3v) is 5.44. The van der Waals surface area contributed by atoms with E-state index in [1.807, 2.05) is 0 Å². The Labute approximate surface area is 126 Å². The fourth-order valence-corrected chi connectivity index (χ4v) is 3.92. The molecule has 0 radical (unpaired) electrons. The fourth-order valence-electron chi connectivity index (χ4n) is 2.09. The average molecular weight is 367 g/mol. The largest absolute Gasteiger partial charge is 0.374 e. The molecule has 5 nitrogen and oxygen atoms in total. The first kappa shape index (κ1) is 15.8. The highest BCUT2D eigenvalue weighted by molar-refractivity contribution is 9.10. The zero-order valence-corrected chi connectivity index (χ0v) is 13.4. The second-order valence-electron chi connectivity index (χ2n) is 4.49. The molecule has 1 aliphatic heterocycles. The molecular weight excluding hydrogens is 351 g/mol. The van der Waals surface area contributed by atoms with E-state index in [0.29, 0.717) is 17.6 Å². The Kier molecular flexibility index (Phi) is 5.14. The Hall–Kier alpha value is -0.540. The molecule has 0 aliphatic carbocycles. The zero-order chi connectivity index (χ0) is 14.8. The Morgan fingerprint density at radius 2 is 2.30 bits per heavy atom. The van der Waals surface area contributed by atoms with Gasteiger partial charge in [-0.25, -0.2) is 12.8 Å². The molecule has 1 fully saturated rings. The molecule has 0 spiro atoms. The van der Waals surface area contributed by atoms with E-state index in [0.717, 1.165) is 6.07 Å². The van der Waals surface area contributed by atoms with E-state index < -0.39 is 15.8 Å². The molecule has 1 heterocycles. The smallest absolute Gasteiger partial charge is 0.246 e. The highest BCUT2D eigenvalue weighted by Crippen LogP contribution is 2.24. The molecule has 1 saturated heterocycles. The van der Waals surface area contributed by atoms with Crippen molar-refractivity contribution in [2.24, 2.45) is 0 Å². The zero-order valence-electron chi connectivity index (χ0n) is 11.0. The topological polar surface area (TPSA) is 58.6 Å². The van der Waals surface area contributed by atoms with Gasteiger partial charge < -0.3 is 10.1 Å². The number of halogens is 2. The van der Waals surface area contributed by atoms with Gasteiger partial charge in [-0.15, -0.1) is 0 Å². The Bertz CT molecular complexity index is 580. The number of benzene rings is 1. The van der Waals surface area contributed by atoms with Gasteiger partial charge in [0.25, 0.3) is 0 Å². The van der Waals surface area contributed by atoms with Crippen molar-refractivity contribution in [1.82, 2.24) is 9.62 Å². The maximum Gasteiger partial charge on any atom is 0.246 e. The number of morpholine rings is 1. The van der Waals surface area contributed by atoms with Gasteiger partial charge in [-0.05, 0) is 25.2 Å². The van der Waals surface area contributed by atoms with Crippen LogP contribution in [0.2, 0.25) is 0 Å². The molecule has 0 amide bonds. The summed E-state index contributed by atoms with van der Waals surface area (Å²) < 4.78 is 46.0. The minimum atomic E-state index is -3.83. The molecule has 1 aromatic rings. The highest BCUT2D eigenvalue weighted by Gasteiger charge is 2.32. The Morgan fingerprint density at radius 3 is 2.95 bits per heavy atom. The molecule has 1 unspecified atom stereocenters. The highest BCUT2D eigenvalue weighted by atomic mass is 79.9. The number of rotatable bonds is 4. The van der Waals surface area contributed by atoms with Crippen LogP contribution in [-0.4, -0.2) is 52.1 Å². The number of ether oxygens (including phenoxy) is 1. The van der Waals surface area contributed by atoms with Crippen molar-refractivity contribution >= 4 is 26.0 Å². The minimum absolute atomic E-state index is 0.220. The van der Waals surface area contributed by atoms with Crippen molar-refractivity contribution in [3.05, 3.63) is 28.5 Å². The van der Waals surface area contributed by atoms with Gasteiger partial charge in [0.15, 0.2) is 0 Å². The van der Waals surface area contributed by atoms with E-state index >= 15 is 0 Å². The molecule has 0 bridgehead atoms. The van der Waals surface area contributed by atoms with Gasteiger partial charge in [0.05, 0.1) is 12.7 Å². The van der Waals surface area contributed by atoms with Crippen molar-refractivity contribution in [3.8, 4) is 0 Å². The fraction of sp³-hybridized carbons (Fsp3) is 0.500. The maximum absolute atomic E-state index is 13.9. The van der Waals surface area contributed by atoms with Crippen LogP contribution in [0.15, 0.2) is 27.6 Å². The Balaban J connectivity index is 2.25. The molecule has 1 N–H and O–H groups in total. The third kappa shape index (κ3) is 3.37. The molecule has 112 valence electrons. The van der Waals surface area contributed by atoms with Crippen LogP contribution in [0.1, 0.15) is 0 Å². The van der Waals surface area contributed by atoms with Crippen LogP contribution in [-0.2, 0) is 14.8 Å². The molecule has 2 rings (SSSR count). The number of hydrogen-bond donors (Lipinski definition) is 1.